The molecule has 0 unspecified atom stereocenters. The summed E-state index contributed by atoms with van der Waals surface area (Å²) >= 11 is 0. The van der Waals surface area contributed by atoms with E-state index in [4.69, 9.17) is 0 Å². The lowest BCUT2D eigenvalue weighted by molar-refractivity contribution is 0.0599. The molecule has 0 aliphatic carbocycles. The van der Waals surface area contributed by atoms with Gasteiger partial charge in [0.15, 0.2) is 6.29 Å². The first-order valence-corrected chi connectivity index (χ1v) is 9.85. The molecule has 104 valence electrons. The van der Waals surface area contributed by atoms with Crippen molar-refractivity contribution >= 4 is 20.3 Å². The fraction of sp³-hybridized carbons (Fsp3) is 0.429. The van der Waals surface area contributed by atoms with Crippen LogP contribution in [0.5, 0.6) is 0 Å². The summed E-state index contributed by atoms with van der Waals surface area (Å²) in [5.74, 6) is -1.12. The van der Waals surface area contributed by atoms with E-state index in [1.165, 1.54) is 13.2 Å². The van der Waals surface area contributed by atoms with Crippen LogP contribution in [-0.2, 0) is 11.2 Å². The van der Waals surface area contributed by atoms with Crippen molar-refractivity contribution in [2.24, 2.45) is 0 Å². The molecule has 0 aliphatic heterocycles. The van der Waals surface area contributed by atoms with Crippen LogP contribution in [0.2, 0.25) is 25.7 Å². The molecule has 0 radical (unpaired) electrons. The fourth-order valence-electron chi connectivity index (χ4n) is 1.83. The van der Waals surface area contributed by atoms with Crippen LogP contribution in [0.4, 0.5) is 4.39 Å². The largest absolute Gasteiger partial charge is 0.465 e. The van der Waals surface area contributed by atoms with Crippen molar-refractivity contribution in [3.05, 3.63) is 34.6 Å². The van der Waals surface area contributed by atoms with Gasteiger partial charge in [0.25, 0.3) is 0 Å². The quantitative estimate of drug-likeness (QED) is 0.473. The van der Waals surface area contributed by atoms with Crippen molar-refractivity contribution in [2.75, 3.05) is 7.11 Å². The summed E-state index contributed by atoms with van der Waals surface area (Å²) < 4.78 is 18.3. The maximum atomic E-state index is 13.6. The molecule has 0 spiro atoms. The van der Waals surface area contributed by atoms with Crippen LogP contribution in [0, 0.1) is 5.82 Å². The average molecular weight is 282 g/mol. The number of rotatable bonds is 5. The zero-order chi connectivity index (χ0) is 14.6. The van der Waals surface area contributed by atoms with Gasteiger partial charge >= 0.3 is 5.97 Å². The Kier molecular flexibility index (Phi) is 5.00. The zero-order valence-corrected chi connectivity index (χ0v) is 12.7. The van der Waals surface area contributed by atoms with Gasteiger partial charge in [0.2, 0.25) is 0 Å². The SMILES string of the molecule is COC(=O)c1ccc(F)c(C=O)c1CC[Si](C)(C)C. The second kappa shape index (κ2) is 6.10. The molecule has 3 nitrogen and oxygen atoms in total. The first-order chi connectivity index (χ1) is 8.80. The molecule has 0 aliphatic rings. The van der Waals surface area contributed by atoms with Crippen LogP contribution in [0.25, 0.3) is 0 Å². The lowest BCUT2D eigenvalue weighted by atomic mass is 9.99. The first-order valence-electron chi connectivity index (χ1n) is 6.15. The van der Waals surface area contributed by atoms with Crippen LogP contribution in [0.15, 0.2) is 12.1 Å². The Labute approximate surface area is 113 Å². The Bertz CT molecular complexity index is 492. The molecule has 0 fully saturated rings. The number of aldehydes is 1. The molecule has 0 saturated carbocycles. The maximum absolute atomic E-state index is 13.6. The topological polar surface area (TPSA) is 43.4 Å². The van der Waals surface area contributed by atoms with Crippen LogP contribution < -0.4 is 0 Å². The van der Waals surface area contributed by atoms with E-state index in [1.54, 1.807) is 0 Å². The number of hydrogen-bond donors (Lipinski definition) is 0. The average Bonchev–Trinajstić information content (AvgIpc) is 2.34. The molecule has 0 amide bonds. The molecule has 5 heteroatoms. The summed E-state index contributed by atoms with van der Waals surface area (Å²) in [6.45, 7) is 6.56. The van der Waals surface area contributed by atoms with Crippen molar-refractivity contribution in [3.8, 4) is 0 Å². The molecular formula is C14H19FO3Si. The summed E-state index contributed by atoms with van der Waals surface area (Å²) in [7, 11) is -0.0791. The minimum Gasteiger partial charge on any atom is -0.465 e. The van der Waals surface area contributed by atoms with Crippen molar-refractivity contribution in [3.63, 3.8) is 0 Å². The van der Waals surface area contributed by atoms with E-state index in [9.17, 15) is 14.0 Å². The van der Waals surface area contributed by atoms with Gasteiger partial charge in [-0.3, -0.25) is 4.79 Å². The van der Waals surface area contributed by atoms with Crippen molar-refractivity contribution < 1.29 is 18.7 Å². The summed E-state index contributed by atoms with van der Waals surface area (Å²) in [5.41, 5.74) is 0.717. The third-order valence-corrected chi connectivity index (χ3v) is 4.70. The van der Waals surface area contributed by atoms with Gasteiger partial charge in [0.1, 0.15) is 5.82 Å². The van der Waals surface area contributed by atoms with Crippen LogP contribution in [0.1, 0.15) is 26.3 Å². The molecule has 1 aromatic carbocycles. The van der Waals surface area contributed by atoms with Gasteiger partial charge in [-0.25, -0.2) is 9.18 Å². The summed E-state index contributed by atoms with van der Waals surface area (Å²) in [5, 5.41) is 0. The van der Waals surface area contributed by atoms with E-state index in [-0.39, 0.29) is 11.1 Å². The Morgan fingerprint density at radius 3 is 2.47 bits per heavy atom. The number of benzene rings is 1. The third-order valence-electron chi connectivity index (χ3n) is 2.95. The van der Waals surface area contributed by atoms with E-state index in [2.05, 4.69) is 24.4 Å². The van der Waals surface area contributed by atoms with E-state index < -0.39 is 19.9 Å². The number of esters is 1. The number of methoxy groups -OCH3 is 1. The Balaban J connectivity index is 3.26. The normalized spacial score (nSPS) is 11.2. The van der Waals surface area contributed by atoms with E-state index in [0.29, 0.717) is 18.3 Å². The second-order valence-corrected chi connectivity index (χ2v) is 11.3. The molecule has 0 saturated heterocycles. The standard InChI is InChI=1S/C14H19FO3Si/c1-18-14(17)11-5-6-13(15)12(9-16)10(11)7-8-19(2,3)4/h5-6,9H,7-8H2,1-4H3. The zero-order valence-electron chi connectivity index (χ0n) is 11.7. The highest BCUT2D eigenvalue weighted by Gasteiger charge is 2.21. The van der Waals surface area contributed by atoms with Crippen LogP contribution in [0.3, 0.4) is 0 Å². The van der Waals surface area contributed by atoms with Crippen molar-refractivity contribution in [2.45, 2.75) is 32.1 Å². The molecule has 0 heterocycles. The molecule has 1 rings (SSSR count). The van der Waals surface area contributed by atoms with E-state index in [1.807, 2.05) is 0 Å². The number of halogens is 1. The van der Waals surface area contributed by atoms with Gasteiger partial charge in [-0.05, 0) is 24.1 Å². The summed E-state index contributed by atoms with van der Waals surface area (Å²) in [6, 6.07) is 3.39. The van der Waals surface area contributed by atoms with Crippen LogP contribution in [-0.4, -0.2) is 27.4 Å². The number of ether oxygens (including phenoxy) is 1. The van der Waals surface area contributed by atoms with Gasteiger partial charge in [0, 0.05) is 8.07 Å². The van der Waals surface area contributed by atoms with Gasteiger partial charge < -0.3 is 4.74 Å². The van der Waals surface area contributed by atoms with Gasteiger partial charge in [-0.15, -0.1) is 0 Å². The van der Waals surface area contributed by atoms with Gasteiger partial charge in [-0.2, -0.15) is 0 Å². The number of carbonyl (C=O) groups excluding carboxylic acids is 2. The number of hydrogen-bond acceptors (Lipinski definition) is 3. The summed E-state index contributed by atoms with van der Waals surface area (Å²) in [4.78, 5) is 22.7. The predicted molar refractivity (Wildman–Crippen MR) is 75.0 cm³/mol. The highest BCUT2D eigenvalue weighted by atomic mass is 28.3. The van der Waals surface area contributed by atoms with Gasteiger partial charge in [-0.1, -0.05) is 25.7 Å². The smallest absolute Gasteiger partial charge is 0.338 e. The molecule has 0 bridgehead atoms. The van der Waals surface area contributed by atoms with Crippen LogP contribution >= 0.6 is 0 Å². The van der Waals surface area contributed by atoms with Gasteiger partial charge in [0.05, 0.1) is 18.2 Å². The Morgan fingerprint density at radius 1 is 1.37 bits per heavy atom. The maximum Gasteiger partial charge on any atom is 0.338 e. The third kappa shape index (κ3) is 3.99. The lowest BCUT2D eigenvalue weighted by Crippen LogP contribution is -2.21. The minimum atomic E-state index is -1.35. The molecule has 0 atom stereocenters. The minimum absolute atomic E-state index is 0.0267. The number of carbonyl (C=O) groups is 2. The fourth-order valence-corrected chi connectivity index (χ4v) is 2.83. The second-order valence-electron chi connectivity index (χ2n) is 5.66. The Morgan fingerprint density at radius 2 is 2.00 bits per heavy atom. The Hall–Kier alpha value is -1.49. The predicted octanol–water partition coefficient (Wildman–Crippen LogP) is 3.31. The monoisotopic (exact) mass is 282 g/mol. The first kappa shape index (κ1) is 15.6. The van der Waals surface area contributed by atoms with E-state index in [0.717, 1.165) is 12.1 Å². The van der Waals surface area contributed by atoms with Crippen molar-refractivity contribution in [1.29, 1.82) is 0 Å². The molecule has 0 N–H and O–H groups in total. The molecule has 19 heavy (non-hydrogen) atoms. The van der Waals surface area contributed by atoms with E-state index >= 15 is 0 Å². The highest BCUT2D eigenvalue weighted by Crippen LogP contribution is 2.22. The molecule has 0 aromatic heterocycles. The van der Waals surface area contributed by atoms with Crippen molar-refractivity contribution in [1.82, 2.24) is 0 Å². The highest BCUT2D eigenvalue weighted by molar-refractivity contribution is 6.76. The lowest BCUT2D eigenvalue weighted by Gasteiger charge is -2.18. The molecule has 1 aromatic rings. The molecular weight excluding hydrogens is 263 g/mol. The summed E-state index contributed by atoms with van der Waals surface area (Å²) in [6.07, 6.45) is 0.993.